The van der Waals surface area contributed by atoms with Crippen LogP contribution < -0.4 is 5.32 Å². The molecule has 86 valence electrons. The number of nitrogens with one attached hydrogen (secondary N) is 1. The minimum Gasteiger partial charge on any atom is -0.326 e. The van der Waals surface area contributed by atoms with Crippen LogP contribution >= 0.6 is 0 Å². The van der Waals surface area contributed by atoms with Crippen LogP contribution in [0.5, 0.6) is 0 Å². The molecule has 0 aliphatic carbocycles. The Balaban J connectivity index is 3.18. The molecule has 0 atom stereocenters. The number of benzene rings is 1. The Morgan fingerprint density at radius 3 is 2.25 bits per heavy atom. The lowest BCUT2D eigenvalue weighted by Gasteiger charge is -2.07. The van der Waals surface area contributed by atoms with Gasteiger partial charge in [0, 0.05) is 23.7 Å². The molecule has 5 heteroatoms. The average molecular weight is 227 g/mol. The van der Waals surface area contributed by atoms with Gasteiger partial charge in [0.15, 0.2) is 5.78 Å². The number of carbonyl (C=O) groups is 2. The molecule has 1 aromatic rings. The van der Waals surface area contributed by atoms with Crippen LogP contribution in [0.4, 0.5) is 14.5 Å². The van der Waals surface area contributed by atoms with E-state index in [2.05, 4.69) is 5.32 Å². The molecule has 1 amide bonds. The molecule has 1 aromatic carbocycles. The van der Waals surface area contributed by atoms with Gasteiger partial charge in [-0.15, -0.1) is 0 Å². The molecule has 0 heterocycles. The third-order valence-electron chi connectivity index (χ3n) is 1.93. The van der Waals surface area contributed by atoms with Crippen molar-refractivity contribution in [1.82, 2.24) is 0 Å². The highest BCUT2D eigenvalue weighted by Crippen LogP contribution is 2.24. The molecule has 1 rings (SSSR count). The van der Waals surface area contributed by atoms with Crippen LogP contribution in [-0.4, -0.2) is 11.7 Å². The van der Waals surface area contributed by atoms with Gasteiger partial charge < -0.3 is 5.32 Å². The molecule has 1 N–H and O–H groups in total. The molecule has 3 nitrogen and oxygen atoms in total. The van der Waals surface area contributed by atoms with Crippen molar-refractivity contribution in [2.45, 2.75) is 20.3 Å². The predicted octanol–water partition coefficient (Wildman–Crippen LogP) is 2.79. The van der Waals surface area contributed by atoms with Crippen LogP contribution in [0.2, 0.25) is 0 Å². The number of hydrogen-bond donors (Lipinski definition) is 1. The Kier molecular flexibility index (Phi) is 3.71. The predicted molar refractivity (Wildman–Crippen MR) is 55.7 cm³/mol. The maximum atomic E-state index is 12.5. The van der Waals surface area contributed by atoms with Crippen molar-refractivity contribution in [2.24, 2.45) is 0 Å². The van der Waals surface area contributed by atoms with E-state index in [1.54, 1.807) is 0 Å². The summed E-state index contributed by atoms with van der Waals surface area (Å²) in [5.74, 6) is -0.699. The lowest BCUT2D eigenvalue weighted by atomic mass is 10.1. The molecule has 0 aliphatic rings. The number of ketones is 1. The highest BCUT2D eigenvalue weighted by atomic mass is 19.3. The van der Waals surface area contributed by atoms with E-state index in [9.17, 15) is 18.4 Å². The van der Waals surface area contributed by atoms with Gasteiger partial charge in [-0.2, -0.15) is 0 Å². The zero-order valence-corrected chi connectivity index (χ0v) is 8.88. The van der Waals surface area contributed by atoms with Crippen molar-refractivity contribution < 1.29 is 18.4 Å². The Bertz CT molecular complexity index is 430. The number of rotatable bonds is 3. The van der Waals surface area contributed by atoms with Gasteiger partial charge in [-0.05, 0) is 25.1 Å². The summed E-state index contributed by atoms with van der Waals surface area (Å²) in [4.78, 5) is 21.9. The molecule has 0 unspecified atom stereocenters. The normalized spacial score (nSPS) is 10.3. The van der Waals surface area contributed by atoms with Crippen molar-refractivity contribution in [3.05, 3.63) is 29.3 Å². The Morgan fingerprint density at radius 2 is 1.81 bits per heavy atom. The van der Waals surface area contributed by atoms with E-state index in [-0.39, 0.29) is 28.5 Å². The van der Waals surface area contributed by atoms with Crippen LogP contribution in [0, 0.1) is 0 Å². The first-order valence-corrected chi connectivity index (χ1v) is 4.62. The molecule has 16 heavy (non-hydrogen) atoms. The van der Waals surface area contributed by atoms with E-state index in [1.807, 2.05) is 0 Å². The van der Waals surface area contributed by atoms with Gasteiger partial charge >= 0.3 is 0 Å². The Hall–Kier alpha value is -1.78. The second-order valence-electron chi connectivity index (χ2n) is 3.38. The summed E-state index contributed by atoms with van der Waals surface area (Å²) in [7, 11) is 0. The van der Waals surface area contributed by atoms with E-state index < -0.39 is 6.43 Å². The van der Waals surface area contributed by atoms with Crippen molar-refractivity contribution in [3.8, 4) is 0 Å². The summed E-state index contributed by atoms with van der Waals surface area (Å²) in [6.07, 6.45) is -2.67. The second kappa shape index (κ2) is 4.83. The van der Waals surface area contributed by atoms with Crippen molar-refractivity contribution in [1.29, 1.82) is 0 Å². The standard InChI is InChI=1S/C11H11F2NO2/c1-6(15)8-3-9(11(12)13)5-10(4-8)14-7(2)16/h3-5,11H,1-2H3,(H,14,16). The number of halogens is 2. The van der Waals surface area contributed by atoms with Crippen molar-refractivity contribution >= 4 is 17.4 Å². The zero-order valence-electron chi connectivity index (χ0n) is 8.88. The van der Waals surface area contributed by atoms with E-state index >= 15 is 0 Å². The van der Waals surface area contributed by atoms with E-state index in [4.69, 9.17) is 0 Å². The molecular formula is C11H11F2NO2. The topological polar surface area (TPSA) is 46.2 Å². The zero-order chi connectivity index (χ0) is 12.3. The first-order chi connectivity index (χ1) is 7.40. The summed E-state index contributed by atoms with van der Waals surface area (Å²) in [6, 6.07) is 3.65. The molecule has 0 aromatic heterocycles. The Morgan fingerprint density at radius 1 is 1.19 bits per heavy atom. The van der Waals surface area contributed by atoms with Gasteiger partial charge in [-0.25, -0.2) is 8.78 Å². The first-order valence-electron chi connectivity index (χ1n) is 4.62. The molecule has 0 bridgehead atoms. The monoisotopic (exact) mass is 227 g/mol. The molecule has 0 fully saturated rings. The summed E-state index contributed by atoms with van der Waals surface area (Å²) >= 11 is 0. The first kappa shape index (κ1) is 12.3. The molecular weight excluding hydrogens is 216 g/mol. The number of amides is 1. The van der Waals surface area contributed by atoms with Gasteiger partial charge in [-0.3, -0.25) is 9.59 Å². The van der Waals surface area contributed by atoms with Gasteiger partial charge in [0.1, 0.15) is 0 Å². The highest BCUT2D eigenvalue weighted by molar-refractivity contribution is 5.97. The van der Waals surface area contributed by atoms with E-state index in [0.29, 0.717) is 0 Å². The molecule has 0 radical (unpaired) electrons. The average Bonchev–Trinajstić information content (AvgIpc) is 2.15. The van der Waals surface area contributed by atoms with Crippen LogP contribution in [0.3, 0.4) is 0 Å². The third kappa shape index (κ3) is 3.12. The number of alkyl halides is 2. The van der Waals surface area contributed by atoms with Crippen molar-refractivity contribution in [2.75, 3.05) is 5.32 Å². The lowest BCUT2D eigenvalue weighted by Crippen LogP contribution is -2.07. The van der Waals surface area contributed by atoms with Crippen LogP contribution in [0.15, 0.2) is 18.2 Å². The minimum absolute atomic E-state index is 0.154. The largest absolute Gasteiger partial charge is 0.326 e. The molecule has 0 aliphatic heterocycles. The maximum Gasteiger partial charge on any atom is 0.263 e. The SMILES string of the molecule is CC(=O)Nc1cc(C(C)=O)cc(C(F)F)c1. The second-order valence-corrected chi connectivity index (χ2v) is 3.38. The summed E-state index contributed by atoms with van der Waals surface area (Å²) in [5, 5.41) is 2.37. The Labute approximate surface area is 91.5 Å². The summed E-state index contributed by atoms with van der Waals surface area (Å²) < 4.78 is 25.0. The minimum atomic E-state index is -2.67. The van der Waals surface area contributed by atoms with Crippen LogP contribution in [0.1, 0.15) is 36.2 Å². The van der Waals surface area contributed by atoms with E-state index in [0.717, 1.165) is 12.1 Å². The number of Topliss-reactive ketones (excluding diaryl/α,β-unsaturated/α-hetero) is 1. The van der Waals surface area contributed by atoms with Crippen LogP contribution in [-0.2, 0) is 4.79 Å². The van der Waals surface area contributed by atoms with Crippen molar-refractivity contribution in [3.63, 3.8) is 0 Å². The highest BCUT2D eigenvalue weighted by Gasteiger charge is 2.12. The van der Waals surface area contributed by atoms with Crippen LogP contribution in [0.25, 0.3) is 0 Å². The fraction of sp³-hybridized carbons (Fsp3) is 0.273. The van der Waals surface area contributed by atoms with Gasteiger partial charge in [0.25, 0.3) is 6.43 Å². The molecule has 0 saturated carbocycles. The smallest absolute Gasteiger partial charge is 0.263 e. The number of anilines is 1. The molecule has 0 saturated heterocycles. The summed E-state index contributed by atoms with van der Waals surface area (Å²) in [6.45, 7) is 2.55. The number of hydrogen-bond acceptors (Lipinski definition) is 2. The van der Waals surface area contributed by atoms with Gasteiger partial charge in [-0.1, -0.05) is 0 Å². The maximum absolute atomic E-state index is 12.5. The summed E-state index contributed by atoms with van der Waals surface area (Å²) in [5.41, 5.74) is 0.0773. The third-order valence-corrected chi connectivity index (χ3v) is 1.93. The number of carbonyl (C=O) groups excluding carboxylic acids is 2. The quantitative estimate of drug-likeness (QED) is 0.807. The lowest BCUT2D eigenvalue weighted by molar-refractivity contribution is -0.114. The van der Waals surface area contributed by atoms with E-state index in [1.165, 1.54) is 19.9 Å². The van der Waals surface area contributed by atoms with Gasteiger partial charge in [0.05, 0.1) is 0 Å². The fourth-order valence-electron chi connectivity index (χ4n) is 1.26. The fourth-order valence-corrected chi connectivity index (χ4v) is 1.26. The molecule has 0 spiro atoms. The van der Waals surface area contributed by atoms with Gasteiger partial charge in [0.2, 0.25) is 5.91 Å².